The van der Waals surface area contributed by atoms with E-state index in [4.69, 9.17) is 0 Å². The number of nitrogens with one attached hydrogen (secondary N) is 1. The lowest BCUT2D eigenvalue weighted by molar-refractivity contribution is 0.456. The normalized spacial score (nSPS) is 14.1. The van der Waals surface area contributed by atoms with Crippen LogP contribution in [-0.4, -0.2) is 0 Å². The molecule has 2 atom stereocenters. The molecular weight excluding hydrogens is 230 g/mol. The molecule has 1 heteroatoms. The van der Waals surface area contributed by atoms with Gasteiger partial charge < -0.3 is 5.32 Å². The number of benzene rings is 2. The minimum absolute atomic E-state index is 0.366. The molecule has 0 heterocycles. The Labute approximate surface area is 116 Å². The fraction of sp³-hybridized carbons (Fsp3) is 0.333. The molecule has 2 aromatic rings. The van der Waals surface area contributed by atoms with Gasteiger partial charge in [-0.3, -0.25) is 0 Å². The minimum Gasteiger partial charge on any atom is -0.303 e. The molecule has 0 fully saturated rings. The van der Waals surface area contributed by atoms with E-state index in [9.17, 15) is 0 Å². The first kappa shape index (κ1) is 13.8. The van der Waals surface area contributed by atoms with Gasteiger partial charge in [-0.2, -0.15) is 0 Å². The lowest BCUT2D eigenvalue weighted by atomic mass is 10.0. The van der Waals surface area contributed by atoms with Gasteiger partial charge >= 0.3 is 0 Å². The maximum absolute atomic E-state index is 3.73. The minimum atomic E-state index is 0.366. The molecule has 19 heavy (non-hydrogen) atoms. The Bertz CT molecular complexity index is 504. The summed E-state index contributed by atoms with van der Waals surface area (Å²) in [6, 6.07) is 20.2. The van der Waals surface area contributed by atoms with Gasteiger partial charge in [-0.1, -0.05) is 67.1 Å². The van der Waals surface area contributed by atoms with Crippen molar-refractivity contribution in [3.8, 4) is 0 Å². The first-order valence-corrected chi connectivity index (χ1v) is 7.08. The SMILES string of the molecule is CCC(N[C@H](C)c1cccc(C)c1)c1ccccc1. The Morgan fingerprint density at radius 2 is 1.63 bits per heavy atom. The summed E-state index contributed by atoms with van der Waals surface area (Å²) in [5, 5.41) is 3.73. The lowest BCUT2D eigenvalue weighted by Gasteiger charge is -2.23. The van der Waals surface area contributed by atoms with E-state index in [1.807, 2.05) is 0 Å². The smallest absolute Gasteiger partial charge is 0.0323 e. The maximum atomic E-state index is 3.73. The zero-order valence-electron chi connectivity index (χ0n) is 12.1. The third-order valence-corrected chi connectivity index (χ3v) is 3.60. The Balaban J connectivity index is 2.10. The van der Waals surface area contributed by atoms with Crippen LogP contribution in [0.3, 0.4) is 0 Å². The number of aryl methyl sites for hydroxylation is 1. The second-order valence-corrected chi connectivity index (χ2v) is 5.17. The Morgan fingerprint density at radius 3 is 2.26 bits per heavy atom. The highest BCUT2D eigenvalue weighted by Gasteiger charge is 2.13. The zero-order chi connectivity index (χ0) is 13.7. The van der Waals surface area contributed by atoms with Crippen LogP contribution in [0.2, 0.25) is 0 Å². The van der Waals surface area contributed by atoms with E-state index in [0.717, 1.165) is 6.42 Å². The highest BCUT2D eigenvalue weighted by Crippen LogP contribution is 2.22. The standard InChI is InChI=1S/C18H23N/c1-4-18(16-10-6-5-7-11-16)19-15(3)17-12-8-9-14(2)13-17/h5-13,15,18-19H,4H2,1-3H3/t15-,18?/m1/s1. The van der Waals surface area contributed by atoms with E-state index in [1.165, 1.54) is 16.7 Å². The van der Waals surface area contributed by atoms with Crippen molar-refractivity contribution in [1.29, 1.82) is 0 Å². The number of hydrogen-bond donors (Lipinski definition) is 1. The third kappa shape index (κ3) is 3.68. The Kier molecular flexibility index (Phi) is 4.75. The average Bonchev–Trinajstić information content (AvgIpc) is 2.45. The van der Waals surface area contributed by atoms with Gasteiger partial charge in [0.25, 0.3) is 0 Å². The average molecular weight is 253 g/mol. The molecule has 0 saturated carbocycles. The third-order valence-electron chi connectivity index (χ3n) is 3.60. The summed E-state index contributed by atoms with van der Waals surface area (Å²) in [6.45, 7) is 6.61. The van der Waals surface area contributed by atoms with Gasteiger partial charge in [-0.05, 0) is 31.4 Å². The molecule has 0 radical (unpaired) electrons. The molecule has 0 saturated heterocycles. The van der Waals surface area contributed by atoms with Crippen LogP contribution >= 0.6 is 0 Å². The summed E-state index contributed by atoms with van der Waals surface area (Å²) >= 11 is 0. The fourth-order valence-electron chi connectivity index (χ4n) is 2.47. The van der Waals surface area contributed by atoms with Gasteiger partial charge in [0.05, 0.1) is 0 Å². The van der Waals surface area contributed by atoms with Crippen molar-refractivity contribution in [3.05, 3.63) is 71.3 Å². The van der Waals surface area contributed by atoms with Crippen LogP contribution in [0, 0.1) is 6.92 Å². The molecule has 0 aliphatic heterocycles. The first-order chi connectivity index (χ1) is 9.20. The summed E-state index contributed by atoms with van der Waals surface area (Å²) < 4.78 is 0. The summed E-state index contributed by atoms with van der Waals surface area (Å²) in [4.78, 5) is 0. The van der Waals surface area contributed by atoms with E-state index in [2.05, 4.69) is 80.7 Å². The van der Waals surface area contributed by atoms with Gasteiger partial charge in [0.1, 0.15) is 0 Å². The van der Waals surface area contributed by atoms with Crippen molar-refractivity contribution in [2.75, 3.05) is 0 Å². The molecule has 1 unspecified atom stereocenters. The summed E-state index contributed by atoms with van der Waals surface area (Å²) in [6.07, 6.45) is 1.10. The van der Waals surface area contributed by atoms with E-state index in [0.29, 0.717) is 12.1 Å². The van der Waals surface area contributed by atoms with Gasteiger partial charge in [0.2, 0.25) is 0 Å². The lowest BCUT2D eigenvalue weighted by Crippen LogP contribution is -2.24. The van der Waals surface area contributed by atoms with Crippen molar-refractivity contribution in [1.82, 2.24) is 5.32 Å². The van der Waals surface area contributed by atoms with Crippen molar-refractivity contribution in [2.24, 2.45) is 0 Å². The monoisotopic (exact) mass is 253 g/mol. The molecule has 0 spiro atoms. The predicted octanol–water partition coefficient (Wildman–Crippen LogP) is 4.80. The van der Waals surface area contributed by atoms with Crippen LogP contribution in [0.15, 0.2) is 54.6 Å². The molecule has 1 nitrogen and oxygen atoms in total. The molecule has 2 aromatic carbocycles. The van der Waals surface area contributed by atoms with Crippen molar-refractivity contribution >= 4 is 0 Å². The van der Waals surface area contributed by atoms with Gasteiger partial charge in [-0.15, -0.1) is 0 Å². The van der Waals surface area contributed by atoms with Crippen molar-refractivity contribution in [3.63, 3.8) is 0 Å². The molecule has 2 rings (SSSR count). The zero-order valence-corrected chi connectivity index (χ0v) is 12.1. The van der Waals surface area contributed by atoms with Gasteiger partial charge in [0.15, 0.2) is 0 Å². The number of hydrogen-bond acceptors (Lipinski definition) is 1. The van der Waals surface area contributed by atoms with Gasteiger partial charge in [-0.25, -0.2) is 0 Å². The quantitative estimate of drug-likeness (QED) is 0.807. The van der Waals surface area contributed by atoms with Crippen LogP contribution in [-0.2, 0) is 0 Å². The van der Waals surface area contributed by atoms with E-state index < -0.39 is 0 Å². The van der Waals surface area contributed by atoms with Crippen molar-refractivity contribution < 1.29 is 0 Å². The van der Waals surface area contributed by atoms with Crippen LogP contribution in [0.5, 0.6) is 0 Å². The maximum Gasteiger partial charge on any atom is 0.0323 e. The largest absolute Gasteiger partial charge is 0.303 e. The summed E-state index contributed by atoms with van der Waals surface area (Å²) in [5.74, 6) is 0. The highest BCUT2D eigenvalue weighted by atomic mass is 14.9. The molecule has 0 amide bonds. The molecule has 0 aliphatic carbocycles. The van der Waals surface area contributed by atoms with E-state index >= 15 is 0 Å². The molecule has 0 aromatic heterocycles. The van der Waals surface area contributed by atoms with Crippen LogP contribution in [0.25, 0.3) is 0 Å². The fourth-order valence-corrected chi connectivity index (χ4v) is 2.47. The summed E-state index contributed by atoms with van der Waals surface area (Å²) in [5.41, 5.74) is 4.04. The van der Waals surface area contributed by atoms with Gasteiger partial charge in [0, 0.05) is 12.1 Å². The predicted molar refractivity (Wildman–Crippen MR) is 82.2 cm³/mol. The van der Waals surface area contributed by atoms with E-state index in [-0.39, 0.29) is 0 Å². The second-order valence-electron chi connectivity index (χ2n) is 5.17. The molecule has 0 aliphatic rings. The Morgan fingerprint density at radius 1 is 0.947 bits per heavy atom. The molecule has 100 valence electrons. The number of rotatable bonds is 5. The van der Waals surface area contributed by atoms with E-state index in [1.54, 1.807) is 0 Å². The Hall–Kier alpha value is -1.60. The second kappa shape index (κ2) is 6.53. The first-order valence-electron chi connectivity index (χ1n) is 7.08. The molecule has 1 N–H and O–H groups in total. The topological polar surface area (TPSA) is 12.0 Å². The highest BCUT2D eigenvalue weighted by molar-refractivity contribution is 5.26. The molecule has 0 bridgehead atoms. The molecular formula is C18H23N. The van der Waals surface area contributed by atoms with Crippen LogP contribution in [0.1, 0.15) is 49.0 Å². The van der Waals surface area contributed by atoms with Crippen molar-refractivity contribution in [2.45, 2.75) is 39.3 Å². The van der Waals surface area contributed by atoms with Crippen LogP contribution in [0.4, 0.5) is 0 Å². The summed E-state index contributed by atoms with van der Waals surface area (Å²) in [7, 11) is 0. The van der Waals surface area contributed by atoms with Crippen LogP contribution < -0.4 is 5.32 Å².